The van der Waals surface area contributed by atoms with E-state index in [1.807, 2.05) is 38.1 Å². The molecule has 1 amide bonds. The third-order valence-corrected chi connectivity index (χ3v) is 4.73. The number of nitrogens with one attached hydrogen (secondary N) is 1. The van der Waals surface area contributed by atoms with Gasteiger partial charge in [0.2, 0.25) is 0 Å². The fourth-order valence-electron chi connectivity index (χ4n) is 3.03. The minimum Gasteiger partial charge on any atom is -0.493 e. The SMILES string of the molecule is CCCc1ccc(NC(=O)c2ccc(OCc3c(C)noc3C)c(OC)c2)cc1. The highest BCUT2D eigenvalue weighted by Gasteiger charge is 2.14. The van der Waals surface area contributed by atoms with Crippen LogP contribution in [0.1, 0.15) is 46.3 Å². The lowest BCUT2D eigenvalue weighted by Gasteiger charge is -2.12. The van der Waals surface area contributed by atoms with Crippen LogP contribution in [0.15, 0.2) is 47.0 Å². The first-order valence-electron chi connectivity index (χ1n) is 9.64. The van der Waals surface area contributed by atoms with Crippen molar-refractivity contribution in [3.63, 3.8) is 0 Å². The van der Waals surface area contributed by atoms with Crippen LogP contribution in [0.5, 0.6) is 11.5 Å². The number of nitrogens with zero attached hydrogens (tertiary/aromatic N) is 1. The Kier molecular flexibility index (Phi) is 6.54. The van der Waals surface area contributed by atoms with Crippen molar-refractivity contribution in [3.8, 4) is 11.5 Å². The van der Waals surface area contributed by atoms with E-state index in [1.165, 1.54) is 5.56 Å². The second kappa shape index (κ2) is 9.28. The van der Waals surface area contributed by atoms with Gasteiger partial charge >= 0.3 is 0 Å². The zero-order chi connectivity index (χ0) is 20.8. The lowest BCUT2D eigenvalue weighted by Crippen LogP contribution is -2.12. The first-order chi connectivity index (χ1) is 14.0. The molecule has 0 radical (unpaired) electrons. The van der Waals surface area contributed by atoms with Gasteiger partial charge in [0.1, 0.15) is 12.4 Å². The second-order valence-corrected chi connectivity index (χ2v) is 6.86. The fraction of sp³-hybridized carbons (Fsp3) is 0.304. The lowest BCUT2D eigenvalue weighted by molar-refractivity contribution is 0.102. The third-order valence-electron chi connectivity index (χ3n) is 4.73. The van der Waals surface area contributed by atoms with Crippen LogP contribution < -0.4 is 14.8 Å². The average Bonchev–Trinajstić information content (AvgIpc) is 3.05. The Bertz CT molecular complexity index is 958. The lowest BCUT2D eigenvalue weighted by atomic mass is 10.1. The van der Waals surface area contributed by atoms with Crippen molar-refractivity contribution < 1.29 is 18.8 Å². The first-order valence-corrected chi connectivity index (χ1v) is 9.64. The molecule has 0 aliphatic carbocycles. The summed E-state index contributed by atoms with van der Waals surface area (Å²) in [7, 11) is 1.55. The Labute approximate surface area is 170 Å². The number of hydrogen-bond donors (Lipinski definition) is 1. The minimum atomic E-state index is -0.205. The Hall–Kier alpha value is -3.28. The number of ether oxygens (including phenoxy) is 2. The number of aromatic nitrogens is 1. The summed E-state index contributed by atoms with van der Waals surface area (Å²) < 4.78 is 16.4. The second-order valence-electron chi connectivity index (χ2n) is 6.86. The van der Waals surface area contributed by atoms with Crippen molar-refractivity contribution in [2.24, 2.45) is 0 Å². The molecular formula is C23H26N2O4. The topological polar surface area (TPSA) is 73.6 Å². The van der Waals surface area contributed by atoms with E-state index in [-0.39, 0.29) is 5.91 Å². The van der Waals surface area contributed by atoms with E-state index < -0.39 is 0 Å². The molecule has 0 bridgehead atoms. The van der Waals surface area contributed by atoms with Gasteiger partial charge in [0.05, 0.1) is 18.4 Å². The van der Waals surface area contributed by atoms with E-state index in [0.717, 1.165) is 35.5 Å². The highest BCUT2D eigenvalue weighted by atomic mass is 16.5. The molecule has 1 heterocycles. The summed E-state index contributed by atoms with van der Waals surface area (Å²) in [5.41, 5.74) is 4.20. The molecule has 152 valence electrons. The fourth-order valence-corrected chi connectivity index (χ4v) is 3.03. The van der Waals surface area contributed by atoms with Crippen molar-refractivity contribution in [1.29, 1.82) is 0 Å². The van der Waals surface area contributed by atoms with E-state index >= 15 is 0 Å². The minimum absolute atomic E-state index is 0.205. The zero-order valence-corrected chi connectivity index (χ0v) is 17.2. The van der Waals surface area contributed by atoms with E-state index in [9.17, 15) is 4.79 Å². The summed E-state index contributed by atoms with van der Waals surface area (Å²) in [6, 6.07) is 13.0. The molecule has 0 unspecified atom stereocenters. The van der Waals surface area contributed by atoms with Crippen molar-refractivity contribution >= 4 is 11.6 Å². The van der Waals surface area contributed by atoms with Gasteiger partial charge in [-0.2, -0.15) is 0 Å². The molecule has 0 saturated carbocycles. The average molecular weight is 394 g/mol. The normalized spacial score (nSPS) is 10.6. The number of methoxy groups -OCH3 is 1. The van der Waals surface area contributed by atoms with Gasteiger partial charge in [0, 0.05) is 11.3 Å². The molecule has 6 heteroatoms. The molecule has 0 spiro atoms. The van der Waals surface area contributed by atoms with Gasteiger partial charge < -0.3 is 19.3 Å². The van der Waals surface area contributed by atoms with E-state index in [4.69, 9.17) is 14.0 Å². The van der Waals surface area contributed by atoms with Crippen LogP contribution in [-0.2, 0) is 13.0 Å². The summed E-state index contributed by atoms with van der Waals surface area (Å²) in [6.45, 7) is 6.17. The summed E-state index contributed by atoms with van der Waals surface area (Å²) in [6.07, 6.45) is 2.12. The molecule has 29 heavy (non-hydrogen) atoms. The number of aryl methyl sites for hydroxylation is 3. The number of hydrogen-bond acceptors (Lipinski definition) is 5. The maximum Gasteiger partial charge on any atom is 0.255 e. The first kappa shape index (κ1) is 20.5. The standard InChI is InChI=1S/C23H26N2O4/c1-5-6-17-7-10-19(11-8-17)24-23(26)18-9-12-21(22(13-18)27-4)28-14-20-15(2)25-29-16(20)3/h7-13H,5-6,14H2,1-4H3,(H,24,26). The Morgan fingerprint density at radius 1 is 1.10 bits per heavy atom. The number of amides is 1. The van der Waals surface area contributed by atoms with Crippen LogP contribution in [0.3, 0.4) is 0 Å². The highest BCUT2D eigenvalue weighted by Crippen LogP contribution is 2.30. The maximum absolute atomic E-state index is 12.6. The molecule has 2 aromatic carbocycles. The Morgan fingerprint density at radius 2 is 1.86 bits per heavy atom. The third kappa shape index (κ3) is 4.96. The molecule has 0 atom stereocenters. The molecule has 1 N–H and O–H groups in total. The van der Waals surface area contributed by atoms with Gasteiger partial charge in [-0.1, -0.05) is 30.6 Å². The molecule has 0 fully saturated rings. The van der Waals surface area contributed by atoms with Crippen molar-refractivity contribution in [3.05, 3.63) is 70.6 Å². The molecule has 3 rings (SSSR count). The number of benzene rings is 2. The van der Waals surface area contributed by atoms with Gasteiger partial charge in [-0.3, -0.25) is 4.79 Å². The Balaban J connectivity index is 1.69. The summed E-state index contributed by atoms with van der Waals surface area (Å²) >= 11 is 0. The Morgan fingerprint density at radius 3 is 2.48 bits per heavy atom. The number of carbonyl (C=O) groups is 1. The number of carbonyl (C=O) groups excluding carboxylic acids is 1. The van der Waals surface area contributed by atoms with Crippen molar-refractivity contribution in [2.45, 2.75) is 40.2 Å². The molecule has 1 aromatic heterocycles. The van der Waals surface area contributed by atoms with Crippen LogP contribution in [-0.4, -0.2) is 18.2 Å². The predicted octanol–water partition coefficient (Wildman–Crippen LogP) is 5.08. The molecule has 3 aromatic rings. The monoisotopic (exact) mass is 394 g/mol. The van der Waals surface area contributed by atoms with Gasteiger partial charge in [-0.05, 0) is 56.2 Å². The van der Waals surface area contributed by atoms with Crippen LogP contribution in [0, 0.1) is 13.8 Å². The van der Waals surface area contributed by atoms with E-state index in [0.29, 0.717) is 23.7 Å². The van der Waals surface area contributed by atoms with Gasteiger partial charge in [-0.15, -0.1) is 0 Å². The molecular weight excluding hydrogens is 368 g/mol. The largest absolute Gasteiger partial charge is 0.493 e. The predicted molar refractivity (Wildman–Crippen MR) is 112 cm³/mol. The summed E-state index contributed by atoms with van der Waals surface area (Å²) in [4.78, 5) is 12.6. The zero-order valence-electron chi connectivity index (χ0n) is 17.2. The maximum atomic E-state index is 12.6. The summed E-state index contributed by atoms with van der Waals surface area (Å²) in [5, 5.41) is 6.84. The smallest absolute Gasteiger partial charge is 0.255 e. The summed E-state index contributed by atoms with van der Waals surface area (Å²) in [5.74, 6) is 1.56. The molecule has 0 aliphatic rings. The van der Waals surface area contributed by atoms with Gasteiger partial charge in [0.25, 0.3) is 5.91 Å². The van der Waals surface area contributed by atoms with Gasteiger partial charge in [-0.25, -0.2) is 0 Å². The quantitative estimate of drug-likeness (QED) is 0.576. The van der Waals surface area contributed by atoms with Crippen molar-refractivity contribution in [1.82, 2.24) is 5.16 Å². The van der Waals surface area contributed by atoms with E-state index in [1.54, 1.807) is 25.3 Å². The molecule has 0 saturated heterocycles. The van der Waals surface area contributed by atoms with E-state index in [2.05, 4.69) is 17.4 Å². The van der Waals surface area contributed by atoms with Crippen LogP contribution >= 0.6 is 0 Å². The van der Waals surface area contributed by atoms with Crippen LogP contribution in [0.25, 0.3) is 0 Å². The van der Waals surface area contributed by atoms with Crippen molar-refractivity contribution in [2.75, 3.05) is 12.4 Å². The molecule has 0 aliphatic heterocycles. The molecule has 6 nitrogen and oxygen atoms in total. The van der Waals surface area contributed by atoms with Crippen LogP contribution in [0.4, 0.5) is 5.69 Å². The number of anilines is 1. The van der Waals surface area contributed by atoms with Crippen LogP contribution in [0.2, 0.25) is 0 Å². The number of rotatable bonds is 8. The highest BCUT2D eigenvalue weighted by molar-refractivity contribution is 6.04. The van der Waals surface area contributed by atoms with Gasteiger partial charge in [0.15, 0.2) is 11.5 Å².